The molecule has 0 saturated heterocycles. The first kappa shape index (κ1) is 54.0. The lowest BCUT2D eigenvalue weighted by atomic mass is 9.55. The predicted molar refractivity (Wildman–Crippen MR) is 429 cm³/mol. The molecule has 0 aliphatic carbocycles. The van der Waals surface area contributed by atoms with Crippen LogP contribution in [-0.2, 0) is 0 Å². The third-order valence-electron chi connectivity index (χ3n) is 21.7. The summed E-state index contributed by atoms with van der Waals surface area (Å²) in [4.78, 5) is 0. The summed E-state index contributed by atoms with van der Waals surface area (Å²) in [5.41, 5.74) is 48.7. The van der Waals surface area contributed by atoms with Gasteiger partial charge in [0, 0.05) is 16.2 Å². The molecule has 0 atom stereocenters. The molecule has 0 aliphatic heterocycles. The van der Waals surface area contributed by atoms with Crippen LogP contribution >= 0.6 is 0 Å². The first-order valence-corrected chi connectivity index (χ1v) is 27.9. The lowest BCUT2D eigenvalue weighted by molar-refractivity contribution is 0.676. The highest BCUT2D eigenvalue weighted by atomic mass is 16.3. The average Bonchev–Trinajstić information content (AvgIpc) is 3.77. The molecule has 0 N–H and O–H groups in total. The molecule has 0 radical (unpaired) electrons. The summed E-state index contributed by atoms with van der Waals surface area (Å²) in [7, 11) is 66.4. The molecule has 0 saturated carbocycles. The molecule has 29 heteroatoms. The van der Waals surface area contributed by atoms with E-state index >= 15 is 0 Å². The molecule has 0 spiro atoms. The molecular weight excluding hydrogens is 871 g/mol. The Kier molecular flexibility index (Phi) is 13.0. The fraction of sp³-hybridized carbons (Fsp3) is 0. The van der Waals surface area contributed by atoms with Crippen LogP contribution < -0.4 is 153 Å². The van der Waals surface area contributed by atoms with E-state index < -0.39 is 0 Å². The van der Waals surface area contributed by atoms with E-state index in [-0.39, 0.29) is 0 Å². The Morgan fingerprint density at radius 2 is 0.320 bits per heavy atom. The van der Waals surface area contributed by atoms with E-state index in [1.54, 1.807) is 0 Å². The molecule has 0 bridgehead atoms. The van der Waals surface area contributed by atoms with Gasteiger partial charge in [-0.2, -0.15) is 0 Å². The van der Waals surface area contributed by atoms with E-state index in [1.165, 1.54) is 240 Å². The quantitative estimate of drug-likeness (QED) is 0.127. The zero-order chi connectivity index (χ0) is 55.3. The number of hydrogen-bond donors (Lipinski definition) is 0. The Morgan fingerprint density at radius 1 is 0.120 bits per heavy atom. The van der Waals surface area contributed by atoms with Crippen molar-refractivity contribution in [3.05, 3.63) is 0 Å². The minimum absolute atomic E-state index is 1.03. The summed E-state index contributed by atoms with van der Waals surface area (Å²) in [6, 6.07) is 0. The van der Waals surface area contributed by atoms with Gasteiger partial charge in [0.2, 0.25) is 0 Å². The van der Waals surface area contributed by atoms with Gasteiger partial charge >= 0.3 is 0 Å². The lowest BCUT2D eigenvalue weighted by Gasteiger charge is -2.32. The molecule has 10 aromatic rings. The monoisotopic (exact) mass is 933 g/mol. The van der Waals surface area contributed by atoms with Gasteiger partial charge in [-0.3, -0.25) is 0 Å². The number of furan rings is 1. The van der Waals surface area contributed by atoms with Gasteiger partial charge in [-0.15, -0.1) is 43.7 Å². The second-order valence-electron chi connectivity index (χ2n) is 24.3. The topological polar surface area (TPSA) is 13.1 Å². The van der Waals surface area contributed by atoms with Crippen LogP contribution in [0.5, 0.6) is 0 Å². The molecule has 0 fully saturated rings. The Morgan fingerprint density at radius 3 is 0.693 bits per heavy atom. The van der Waals surface area contributed by atoms with Gasteiger partial charge in [0.25, 0.3) is 0 Å². The molecule has 0 aliphatic rings. The normalized spacial score (nSPS) is 11.9. The second-order valence-corrected chi connectivity index (χ2v) is 24.3. The number of benzene rings is 9. The van der Waals surface area contributed by atoms with Crippen molar-refractivity contribution in [1.82, 2.24) is 0 Å². The Balaban J connectivity index is 1.44. The van der Waals surface area contributed by atoms with Crippen LogP contribution in [0.1, 0.15) is 0 Å². The summed E-state index contributed by atoms with van der Waals surface area (Å²) >= 11 is 0. The number of rotatable bonds is 3. The van der Waals surface area contributed by atoms with Crippen molar-refractivity contribution >= 4 is 438 Å². The van der Waals surface area contributed by atoms with Crippen LogP contribution in [0.4, 0.5) is 0 Å². The third-order valence-corrected chi connectivity index (χ3v) is 21.7. The molecular formula is C46H56B28O. The second kappa shape index (κ2) is 18.1. The van der Waals surface area contributed by atoms with Crippen LogP contribution in [0.2, 0.25) is 0 Å². The molecule has 10 rings (SSSR count). The molecule has 1 nitrogen and oxygen atoms in total. The summed E-state index contributed by atoms with van der Waals surface area (Å²) < 4.78 is 7.40. The molecule has 0 unspecified atom stereocenters. The minimum atomic E-state index is 1.03. The highest BCUT2D eigenvalue weighted by Crippen LogP contribution is 2.40. The van der Waals surface area contributed by atoms with Crippen molar-refractivity contribution in [2.45, 2.75) is 0 Å². The van der Waals surface area contributed by atoms with Crippen molar-refractivity contribution < 1.29 is 4.42 Å². The van der Waals surface area contributed by atoms with Crippen LogP contribution in [0.15, 0.2) is 4.42 Å². The SMILES string of the molecule is Bc1c(B)c(-c2c(B)c(B)c(B)c3oc4c5c(B)c(B)c(B)c(B)c5c(B)c(B)c4c23)c(B)c(B)c1-c1c2c(B)c(B)c(B)c(B)c2c(-c2c(B)c(B)c3c(B)c(B)c(B)c(B)c3c2B)c2c(B)c(B)c(B)c(B)c12. The van der Waals surface area contributed by atoms with Crippen molar-refractivity contribution in [2.75, 3.05) is 0 Å². The zero-order valence-electron chi connectivity index (χ0n) is 51.4. The maximum atomic E-state index is 7.40. The zero-order valence-corrected chi connectivity index (χ0v) is 51.4. The van der Waals surface area contributed by atoms with Gasteiger partial charge in [-0.25, -0.2) is 0 Å². The van der Waals surface area contributed by atoms with Crippen LogP contribution in [0, 0.1) is 0 Å². The van der Waals surface area contributed by atoms with Gasteiger partial charge in [0.05, 0.1) is 0 Å². The Labute approximate surface area is 472 Å². The van der Waals surface area contributed by atoms with Gasteiger partial charge < -0.3 is 4.42 Å². The van der Waals surface area contributed by atoms with E-state index in [4.69, 9.17) is 4.42 Å². The maximum Gasteiger partial charge on any atom is 0.143 e. The highest BCUT2D eigenvalue weighted by molar-refractivity contribution is 6.78. The van der Waals surface area contributed by atoms with Crippen molar-refractivity contribution in [3.63, 3.8) is 0 Å². The van der Waals surface area contributed by atoms with Gasteiger partial charge in [0.1, 0.15) is 231 Å². The predicted octanol–water partition coefficient (Wildman–Crippen LogP) is -35.6. The molecule has 1 heterocycles. The molecule has 9 aromatic carbocycles. The van der Waals surface area contributed by atoms with Crippen molar-refractivity contribution in [1.29, 1.82) is 0 Å². The fourth-order valence-electron chi connectivity index (χ4n) is 15.1. The standard InChI is InChI=1S/C46H56B28O/c47-17-9(23(53)28(58)13-12(17)30(60)39(69)40(70)31(13)61)1-3-5(20(50)37(67)35(65)18(3)48)2(6-4(1)19(49)36(66)38(68)21(6)51)10-24(54)26(56)11(27(57)25(10)55)7-8-15-33(63)29(59)14-16(34(64)42(72)41(71)32(14)62)45(15)75-46(8)44(74)43(73)22(7)52/h47-74H2. The average molecular weight is 928 g/mol. The van der Waals surface area contributed by atoms with Crippen LogP contribution in [0.3, 0.4) is 0 Å². The van der Waals surface area contributed by atoms with E-state index in [0.29, 0.717) is 0 Å². The minimum Gasteiger partial charge on any atom is -0.456 e. The van der Waals surface area contributed by atoms with Crippen LogP contribution in [0.25, 0.3) is 98.4 Å². The van der Waals surface area contributed by atoms with E-state index in [0.717, 1.165) is 11.2 Å². The first-order valence-electron chi connectivity index (χ1n) is 27.9. The molecule has 330 valence electrons. The summed E-state index contributed by atoms with van der Waals surface area (Å²) in [6.07, 6.45) is 0. The number of fused-ring (bicyclic) bond motifs is 8. The van der Waals surface area contributed by atoms with E-state index in [2.05, 4.69) is 220 Å². The lowest BCUT2D eigenvalue weighted by Crippen LogP contribution is -2.53. The molecule has 0 amide bonds. The van der Waals surface area contributed by atoms with Crippen LogP contribution in [-0.4, -0.2) is 220 Å². The van der Waals surface area contributed by atoms with Gasteiger partial charge in [-0.1, -0.05) is 109 Å². The molecule has 1 aromatic heterocycles. The first-order chi connectivity index (χ1) is 35.0. The smallest absolute Gasteiger partial charge is 0.143 e. The van der Waals surface area contributed by atoms with E-state index in [9.17, 15) is 0 Å². The Hall–Kier alpha value is -4.36. The van der Waals surface area contributed by atoms with Gasteiger partial charge in [0.15, 0.2) is 0 Å². The largest absolute Gasteiger partial charge is 0.456 e. The summed E-state index contributed by atoms with van der Waals surface area (Å²) in [5.74, 6) is 0. The molecule has 75 heavy (non-hydrogen) atoms. The highest BCUT2D eigenvalue weighted by Gasteiger charge is 2.32. The summed E-state index contributed by atoms with van der Waals surface area (Å²) in [6.45, 7) is 0. The van der Waals surface area contributed by atoms with Crippen molar-refractivity contribution in [3.8, 4) is 33.4 Å². The summed E-state index contributed by atoms with van der Waals surface area (Å²) in [5, 5.41) is 13.7. The van der Waals surface area contributed by atoms with E-state index in [1.807, 2.05) is 0 Å². The third kappa shape index (κ3) is 6.85. The fourth-order valence-corrected chi connectivity index (χ4v) is 15.1. The maximum absolute atomic E-state index is 7.40. The Bertz CT molecular complexity index is 4330. The number of hydrogen-bond acceptors (Lipinski definition) is 1. The van der Waals surface area contributed by atoms with Gasteiger partial charge in [-0.05, 0) is 71.1 Å². The van der Waals surface area contributed by atoms with Crippen molar-refractivity contribution in [2.24, 2.45) is 0 Å².